The van der Waals surface area contributed by atoms with Crippen LogP contribution >= 0.6 is 11.6 Å². The van der Waals surface area contributed by atoms with Gasteiger partial charge in [-0.3, -0.25) is 4.79 Å². The van der Waals surface area contributed by atoms with Crippen LogP contribution in [0.5, 0.6) is 0 Å². The van der Waals surface area contributed by atoms with E-state index in [0.29, 0.717) is 30.8 Å². The summed E-state index contributed by atoms with van der Waals surface area (Å²) in [5.41, 5.74) is 2.33. The van der Waals surface area contributed by atoms with Gasteiger partial charge in [0.1, 0.15) is 16.7 Å². The van der Waals surface area contributed by atoms with E-state index in [9.17, 15) is 13.6 Å². The van der Waals surface area contributed by atoms with Crippen LogP contribution in [-0.4, -0.2) is 26.3 Å². The van der Waals surface area contributed by atoms with E-state index >= 15 is 0 Å². The molecule has 0 saturated heterocycles. The van der Waals surface area contributed by atoms with Gasteiger partial charge in [-0.05, 0) is 6.07 Å². The smallest absolute Gasteiger partial charge is 0.285 e. The standard InChI is InChI=1S/C17H14ClF2N5O/c18-16-15(6-22-23-17(16)26)24-4-3-14-13(8-24)21-9-25(14)7-10-1-2-11(19)5-12(10)20/h1-2,5-6,9H,3-4,7-8H2,(H,23,26). The maximum absolute atomic E-state index is 13.9. The lowest BCUT2D eigenvalue weighted by molar-refractivity contribution is 0.562. The third kappa shape index (κ3) is 2.96. The van der Waals surface area contributed by atoms with Gasteiger partial charge in [0.05, 0.1) is 37.0 Å². The minimum Gasteiger partial charge on any atom is -0.362 e. The summed E-state index contributed by atoms with van der Waals surface area (Å²) in [5.74, 6) is -1.18. The van der Waals surface area contributed by atoms with Gasteiger partial charge in [0, 0.05) is 30.3 Å². The molecule has 6 nitrogen and oxygen atoms in total. The van der Waals surface area contributed by atoms with E-state index < -0.39 is 17.2 Å². The van der Waals surface area contributed by atoms with Gasteiger partial charge >= 0.3 is 0 Å². The first-order valence-corrected chi connectivity index (χ1v) is 8.35. The maximum atomic E-state index is 13.9. The molecule has 0 radical (unpaired) electrons. The fourth-order valence-corrected chi connectivity index (χ4v) is 3.35. The number of hydrogen-bond acceptors (Lipinski definition) is 4. The Hall–Kier alpha value is -2.74. The summed E-state index contributed by atoms with van der Waals surface area (Å²) in [5, 5.41) is 6.18. The molecule has 0 spiro atoms. The first-order valence-electron chi connectivity index (χ1n) is 7.98. The number of anilines is 1. The highest BCUT2D eigenvalue weighted by atomic mass is 35.5. The predicted octanol–water partition coefficient (Wildman–Crippen LogP) is 2.51. The molecule has 134 valence electrons. The van der Waals surface area contributed by atoms with Crippen molar-refractivity contribution in [3.8, 4) is 0 Å². The van der Waals surface area contributed by atoms with Gasteiger partial charge in [0.25, 0.3) is 5.56 Å². The minimum absolute atomic E-state index is 0.0938. The number of nitrogens with zero attached hydrogens (tertiary/aromatic N) is 4. The van der Waals surface area contributed by atoms with Crippen LogP contribution in [0.15, 0.2) is 35.5 Å². The number of fused-ring (bicyclic) bond motifs is 1. The van der Waals surface area contributed by atoms with Crippen molar-refractivity contribution in [3.05, 3.63) is 74.7 Å². The van der Waals surface area contributed by atoms with E-state index in [1.54, 1.807) is 6.33 Å². The summed E-state index contributed by atoms with van der Waals surface area (Å²) in [6.07, 6.45) is 3.81. The van der Waals surface area contributed by atoms with Crippen LogP contribution in [-0.2, 0) is 19.5 Å². The molecule has 0 aliphatic carbocycles. The van der Waals surface area contributed by atoms with Crippen molar-refractivity contribution in [3.63, 3.8) is 0 Å². The number of hydrogen-bond donors (Lipinski definition) is 1. The summed E-state index contributed by atoms with van der Waals surface area (Å²) in [6.45, 7) is 1.37. The summed E-state index contributed by atoms with van der Waals surface area (Å²) in [4.78, 5) is 18.0. The van der Waals surface area contributed by atoms with Crippen molar-refractivity contribution in [2.45, 2.75) is 19.5 Å². The zero-order valence-corrected chi connectivity index (χ0v) is 14.3. The van der Waals surface area contributed by atoms with Crippen molar-refractivity contribution in [1.29, 1.82) is 0 Å². The lowest BCUT2D eigenvalue weighted by Gasteiger charge is -2.29. The molecule has 0 unspecified atom stereocenters. The normalized spacial score (nSPS) is 13.7. The van der Waals surface area contributed by atoms with E-state index in [1.165, 1.54) is 18.3 Å². The van der Waals surface area contributed by atoms with Crippen molar-refractivity contribution in [1.82, 2.24) is 19.7 Å². The molecular formula is C17H14ClF2N5O. The molecule has 0 atom stereocenters. The van der Waals surface area contributed by atoms with Gasteiger partial charge in [-0.1, -0.05) is 17.7 Å². The van der Waals surface area contributed by atoms with E-state index in [4.69, 9.17) is 11.6 Å². The molecule has 1 aliphatic rings. The van der Waals surface area contributed by atoms with Crippen molar-refractivity contribution >= 4 is 17.3 Å². The summed E-state index contributed by atoms with van der Waals surface area (Å²) in [6, 6.07) is 3.56. The zero-order chi connectivity index (χ0) is 18.3. The zero-order valence-electron chi connectivity index (χ0n) is 13.5. The molecular weight excluding hydrogens is 364 g/mol. The Labute approximate surface area is 152 Å². The highest BCUT2D eigenvalue weighted by Crippen LogP contribution is 2.27. The molecule has 0 amide bonds. The van der Waals surface area contributed by atoms with E-state index in [-0.39, 0.29) is 11.6 Å². The third-order valence-corrected chi connectivity index (χ3v) is 4.83. The molecule has 3 aromatic rings. The van der Waals surface area contributed by atoms with Crippen LogP contribution < -0.4 is 10.5 Å². The summed E-state index contributed by atoms with van der Waals surface area (Å²) in [7, 11) is 0. The van der Waals surface area contributed by atoms with Crippen LogP contribution in [0.2, 0.25) is 5.02 Å². The lowest BCUT2D eigenvalue weighted by Crippen LogP contribution is -2.32. The van der Waals surface area contributed by atoms with Crippen molar-refractivity contribution in [2.75, 3.05) is 11.4 Å². The fraction of sp³-hybridized carbons (Fsp3) is 0.235. The molecule has 4 rings (SSSR count). The Morgan fingerprint density at radius 2 is 2.15 bits per heavy atom. The first-order chi connectivity index (χ1) is 12.5. The van der Waals surface area contributed by atoms with Gasteiger partial charge in [-0.25, -0.2) is 18.9 Å². The van der Waals surface area contributed by atoms with Crippen LogP contribution in [0.25, 0.3) is 0 Å². The minimum atomic E-state index is -0.599. The molecule has 3 heterocycles. The second-order valence-electron chi connectivity index (χ2n) is 6.07. The van der Waals surface area contributed by atoms with Crippen LogP contribution in [0.3, 0.4) is 0 Å². The highest BCUT2D eigenvalue weighted by molar-refractivity contribution is 6.32. The SMILES string of the molecule is O=c1[nH]ncc(N2CCc3c(ncn3Cc3ccc(F)cc3F)C2)c1Cl. The number of aromatic nitrogens is 4. The number of nitrogens with one attached hydrogen (secondary N) is 1. The third-order valence-electron chi connectivity index (χ3n) is 4.47. The average Bonchev–Trinajstić information content (AvgIpc) is 3.02. The Bertz CT molecular complexity index is 1030. The van der Waals surface area contributed by atoms with Crippen LogP contribution in [0.4, 0.5) is 14.5 Å². The molecule has 1 N–H and O–H groups in total. The summed E-state index contributed by atoms with van der Waals surface area (Å²) < 4.78 is 28.8. The molecule has 0 saturated carbocycles. The van der Waals surface area contributed by atoms with E-state index in [2.05, 4.69) is 15.2 Å². The largest absolute Gasteiger partial charge is 0.362 e. The molecule has 0 bridgehead atoms. The van der Waals surface area contributed by atoms with E-state index in [0.717, 1.165) is 17.5 Å². The number of rotatable bonds is 3. The maximum Gasteiger partial charge on any atom is 0.285 e. The number of benzene rings is 1. The molecule has 2 aromatic heterocycles. The Morgan fingerprint density at radius 1 is 1.31 bits per heavy atom. The monoisotopic (exact) mass is 377 g/mol. The predicted molar refractivity (Wildman–Crippen MR) is 92.3 cm³/mol. The highest BCUT2D eigenvalue weighted by Gasteiger charge is 2.24. The van der Waals surface area contributed by atoms with Gasteiger partial charge in [-0.2, -0.15) is 5.10 Å². The van der Waals surface area contributed by atoms with Gasteiger partial charge in [0.15, 0.2) is 0 Å². The quantitative estimate of drug-likeness (QED) is 0.761. The Kier molecular flexibility index (Phi) is 4.20. The van der Waals surface area contributed by atoms with Gasteiger partial charge in [-0.15, -0.1) is 0 Å². The molecule has 9 heteroatoms. The Morgan fingerprint density at radius 3 is 2.96 bits per heavy atom. The van der Waals surface area contributed by atoms with E-state index in [1.807, 2.05) is 9.47 Å². The molecule has 0 fully saturated rings. The molecule has 1 aromatic carbocycles. The number of imidazole rings is 1. The summed E-state index contributed by atoms with van der Waals surface area (Å²) >= 11 is 6.07. The second kappa shape index (κ2) is 6.53. The fourth-order valence-electron chi connectivity index (χ4n) is 3.14. The first kappa shape index (κ1) is 16.7. The van der Waals surface area contributed by atoms with Crippen molar-refractivity contribution in [2.24, 2.45) is 0 Å². The topological polar surface area (TPSA) is 66.8 Å². The lowest BCUT2D eigenvalue weighted by atomic mass is 10.1. The number of H-pyrrole nitrogens is 1. The van der Waals surface area contributed by atoms with Crippen LogP contribution in [0, 0.1) is 11.6 Å². The number of aromatic amines is 1. The van der Waals surface area contributed by atoms with Crippen LogP contribution in [0.1, 0.15) is 17.0 Å². The van der Waals surface area contributed by atoms with Crippen molar-refractivity contribution < 1.29 is 8.78 Å². The Balaban J connectivity index is 1.59. The molecule has 26 heavy (non-hydrogen) atoms. The molecule has 1 aliphatic heterocycles. The van der Waals surface area contributed by atoms with Gasteiger partial charge in [0.2, 0.25) is 0 Å². The average molecular weight is 378 g/mol. The van der Waals surface area contributed by atoms with Gasteiger partial charge < -0.3 is 9.47 Å². The number of halogens is 3. The second-order valence-corrected chi connectivity index (χ2v) is 6.45.